The van der Waals surface area contributed by atoms with Gasteiger partial charge in [-0.05, 0) is 5.56 Å². The van der Waals surface area contributed by atoms with Crippen LogP contribution < -0.4 is 0 Å². The third-order valence-corrected chi connectivity index (χ3v) is 4.53. The van der Waals surface area contributed by atoms with E-state index in [4.69, 9.17) is 14.8 Å². The summed E-state index contributed by atoms with van der Waals surface area (Å²) in [4.78, 5) is 15.9. The van der Waals surface area contributed by atoms with Gasteiger partial charge in [-0.2, -0.15) is 0 Å². The molecule has 3 rings (SSSR count). The summed E-state index contributed by atoms with van der Waals surface area (Å²) < 4.78 is 5.84. The molecule has 0 aliphatic rings. The van der Waals surface area contributed by atoms with Gasteiger partial charge in [0.25, 0.3) is 0 Å². The SMILES string of the molecule is O=C(O)/C=C\[C@@H](CN=C(c1ccccc1)c1ccccc1)COCc1ccccc1. The van der Waals surface area contributed by atoms with Crippen molar-refractivity contribution in [2.24, 2.45) is 10.9 Å². The van der Waals surface area contributed by atoms with Crippen molar-refractivity contribution in [2.75, 3.05) is 13.2 Å². The second-order valence-corrected chi connectivity index (χ2v) is 6.88. The van der Waals surface area contributed by atoms with Gasteiger partial charge in [0.2, 0.25) is 0 Å². The average molecular weight is 399 g/mol. The summed E-state index contributed by atoms with van der Waals surface area (Å²) in [6.07, 6.45) is 2.82. The largest absolute Gasteiger partial charge is 0.478 e. The van der Waals surface area contributed by atoms with Crippen molar-refractivity contribution in [2.45, 2.75) is 6.61 Å². The molecule has 0 aliphatic heterocycles. The molecule has 4 nitrogen and oxygen atoms in total. The molecule has 0 aliphatic carbocycles. The first-order chi connectivity index (χ1) is 14.7. The Morgan fingerprint density at radius 2 is 1.40 bits per heavy atom. The van der Waals surface area contributed by atoms with Gasteiger partial charge in [-0.15, -0.1) is 0 Å². The summed E-state index contributed by atoms with van der Waals surface area (Å²) in [7, 11) is 0. The van der Waals surface area contributed by atoms with E-state index in [0.29, 0.717) is 19.8 Å². The quantitative estimate of drug-likeness (QED) is 0.386. The maximum Gasteiger partial charge on any atom is 0.327 e. The third-order valence-electron chi connectivity index (χ3n) is 4.53. The van der Waals surface area contributed by atoms with Crippen LogP contribution in [0.3, 0.4) is 0 Å². The van der Waals surface area contributed by atoms with E-state index in [1.165, 1.54) is 0 Å². The summed E-state index contributed by atoms with van der Waals surface area (Å²) in [5.74, 6) is -1.12. The smallest absolute Gasteiger partial charge is 0.327 e. The van der Waals surface area contributed by atoms with Crippen LogP contribution in [0.25, 0.3) is 0 Å². The van der Waals surface area contributed by atoms with Crippen molar-refractivity contribution in [3.63, 3.8) is 0 Å². The lowest BCUT2D eigenvalue weighted by Gasteiger charge is -2.13. The van der Waals surface area contributed by atoms with Gasteiger partial charge in [0, 0.05) is 29.7 Å². The minimum Gasteiger partial charge on any atom is -0.478 e. The van der Waals surface area contributed by atoms with Crippen molar-refractivity contribution in [3.8, 4) is 0 Å². The number of ether oxygens (including phenoxy) is 1. The fourth-order valence-electron chi connectivity index (χ4n) is 3.04. The number of nitrogens with zero attached hydrogens (tertiary/aromatic N) is 1. The topological polar surface area (TPSA) is 58.9 Å². The first-order valence-electron chi connectivity index (χ1n) is 9.90. The highest BCUT2D eigenvalue weighted by Crippen LogP contribution is 2.13. The molecular weight excluding hydrogens is 374 g/mol. The molecule has 0 saturated heterocycles. The van der Waals surface area contributed by atoms with E-state index < -0.39 is 5.97 Å². The Balaban J connectivity index is 1.76. The second kappa shape index (κ2) is 11.5. The van der Waals surface area contributed by atoms with Gasteiger partial charge in [-0.3, -0.25) is 4.99 Å². The standard InChI is InChI=1S/C26H25NO3/c28-25(29)17-16-22(20-30-19-21-10-4-1-5-11-21)18-27-26(23-12-6-2-7-13-23)24-14-8-3-9-15-24/h1-17,22H,18-20H2,(H,28,29)/b17-16-/t22-/m0/s1. The van der Waals surface area contributed by atoms with E-state index in [1.807, 2.05) is 91.0 Å². The van der Waals surface area contributed by atoms with Crippen LogP contribution in [0.15, 0.2) is 108 Å². The summed E-state index contributed by atoms with van der Waals surface area (Å²) in [5, 5.41) is 9.04. The summed E-state index contributed by atoms with van der Waals surface area (Å²) in [6.45, 7) is 1.29. The van der Waals surface area contributed by atoms with E-state index in [0.717, 1.165) is 28.5 Å². The van der Waals surface area contributed by atoms with Crippen LogP contribution in [0.2, 0.25) is 0 Å². The number of aliphatic imine (C=N–C) groups is 1. The van der Waals surface area contributed by atoms with Crippen molar-refractivity contribution in [3.05, 3.63) is 120 Å². The zero-order valence-electron chi connectivity index (χ0n) is 16.7. The fourth-order valence-corrected chi connectivity index (χ4v) is 3.04. The minimum absolute atomic E-state index is 0.146. The lowest BCUT2D eigenvalue weighted by Crippen LogP contribution is -2.14. The van der Waals surface area contributed by atoms with E-state index in [-0.39, 0.29) is 5.92 Å². The van der Waals surface area contributed by atoms with Crippen molar-refractivity contribution in [1.29, 1.82) is 0 Å². The molecule has 4 heteroatoms. The number of carbonyl (C=O) groups is 1. The molecule has 3 aromatic rings. The summed E-state index contributed by atoms with van der Waals surface area (Å²) in [5.41, 5.74) is 4.01. The Morgan fingerprint density at radius 3 is 1.93 bits per heavy atom. The zero-order chi connectivity index (χ0) is 21.0. The molecule has 0 heterocycles. The average Bonchev–Trinajstić information content (AvgIpc) is 2.79. The normalized spacial score (nSPS) is 11.9. The van der Waals surface area contributed by atoms with Crippen LogP contribution in [0.5, 0.6) is 0 Å². The van der Waals surface area contributed by atoms with E-state index >= 15 is 0 Å². The molecule has 1 atom stereocenters. The maximum absolute atomic E-state index is 11.0. The first-order valence-corrected chi connectivity index (χ1v) is 9.90. The van der Waals surface area contributed by atoms with Gasteiger partial charge in [0.15, 0.2) is 0 Å². The number of hydrogen-bond acceptors (Lipinski definition) is 3. The number of rotatable bonds is 10. The van der Waals surface area contributed by atoms with Crippen LogP contribution in [-0.2, 0) is 16.1 Å². The highest BCUT2D eigenvalue weighted by molar-refractivity contribution is 6.12. The molecule has 0 amide bonds. The molecule has 0 bridgehead atoms. The fraction of sp³-hybridized carbons (Fsp3) is 0.154. The molecule has 0 saturated carbocycles. The number of hydrogen-bond donors (Lipinski definition) is 1. The predicted molar refractivity (Wildman–Crippen MR) is 120 cm³/mol. The highest BCUT2D eigenvalue weighted by Gasteiger charge is 2.10. The van der Waals surface area contributed by atoms with E-state index in [1.54, 1.807) is 6.08 Å². The Morgan fingerprint density at radius 1 is 0.867 bits per heavy atom. The van der Waals surface area contributed by atoms with E-state index in [9.17, 15) is 4.79 Å². The summed E-state index contributed by atoms with van der Waals surface area (Å²) >= 11 is 0. The Labute approximate surface area is 177 Å². The molecule has 30 heavy (non-hydrogen) atoms. The molecule has 152 valence electrons. The first kappa shape index (κ1) is 21.2. The van der Waals surface area contributed by atoms with Crippen LogP contribution in [0.4, 0.5) is 0 Å². The Bertz CT molecular complexity index is 925. The molecule has 0 unspecified atom stereocenters. The Hall–Kier alpha value is -3.50. The van der Waals surface area contributed by atoms with Crippen molar-refractivity contribution >= 4 is 11.7 Å². The van der Waals surface area contributed by atoms with Gasteiger partial charge in [-0.1, -0.05) is 97.1 Å². The molecule has 0 aromatic heterocycles. The molecule has 0 fully saturated rings. The number of aliphatic carboxylic acids is 1. The molecular formula is C26H25NO3. The third kappa shape index (κ3) is 6.83. The second-order valence-electron chi connectivity index (χ2n) is 6.88. The van der Waals surface area contributed by atoms with Crippen molar-refractivity contribution in [1.82, 2.24) is 0 Å². The number of carboxylic acid groups (broad SMARTS) is 1. The van der Waals surface area contributed by atoms with Gasteiger partial charge < -0.3 is 9.84 Å². The molecule has 1 N–H and O–H groups in total. The van der Waals surface area contributed by atoms with Crippen molar-refractivity contribution < 1.29 is 14.6 Å². The van der Waals surface area contributed by atoms with E-state index in [2.05, 4.69) is 0 Å². The zero-order valence-corrected chi connectivity index (χ0v) is 16.7. The van der Waals surface area contributed by atoms with Gasteiger partial charge in [0.1, 0.15) is 0 Å². The van der Waals surface area contributed by atoms with Gasteiger partial charge in [-0.25, -0.2) is 4.79 Å². The summed E-state index contributed by atoms with van der Waals surface area (Å²) in [6, 6.07) is 29.9. The van der Waals surface area contributed by atoms with Crippen LogP contribution in [-0.4, -0.2) is 29.9 Å². The number of carboxylic acids is 1. The lowest BCUT2D eigenvalue weighted by molar-refractivity contribution is -0.131. The highest BCUT2D eigenvalue weighted by atomic mass is 16.5. The molecule has 0 spiro atoms. The predicted octanol–water partition coefficient (Wildman–Crippen LogP) is 5.00. The lowest BCUT2D eigenvalue weighted by atomic mass is 10.0. The molecule has 0 radical (unpaired) electrons. The maximum atomic E-state index is 11.0. The molecule has 3 aromatic carbocycles. The van der Waals surface area contributed by atoms with Gasteiger partial charge >= 0.3 is 5.97 Å². The monoisotopic (exact) mass is 399 g/mol. The van der Waals surface area contributed by atoms with Crippen LogP contribution in [0.1, 0.15) is 16.7 Å². The van der Waals surface area contributed by atoms with Crippen LogP contribution in [0, 0.1) is 5.92 Å². The van der Waals surface area contributed by atoms with Crippen LogP contribution >= 0.6 is 0 Å². The minimum atomic E-state index is -0.974. The number of benzene rings is 3. The van der Waals surface area contributed by atoms with Gasteiger partial charge in [0.05, 0.1) is 18.9 Å². The Kier molecular flexibility index (Phi) is 8.12.